The van der Waals surface area contributed by atoms with Crippen LogP contribution >= 0.6 is 22.9 Å². The Balaban J connectivity index is 1.91. The van der Waals surface area contributed by atoms with Crippen LogP contribution in [0.2, 0.25) is 5.02 Å². The van der Waals surface area contributed by atoms with Gasteiger partial charge in [0.1, 0.15) is 0 Å². The molecule has 1 nitrogen and oxygen atoms in total. The van der Waals surface area contributed by atoms with Crippen LogP contribution in [0.4, 0.5) is 5.69 Å². The van der Waals surface area contributed by atoms with E-state index in [1.165, 1.54) is 16.1 Å². The number of nitrogens with one attached hydrogen (secondary N) is 1. The molecule has 1 atom stereocenters. The van der Waals surface area contributed by atoms with E-state index in [1.54, 1.807) is 0 Å². The van der Waals surface area contributed by atoms with E-state index in [1.807, 2.05) is 23.5 Å². The van der Waals surface area contributed by atoms with E-state index in [0.29, 0.717) is 6.04 Å². The van der Waals surface area contributed by atoms with Crippen LogP contribution in [0.25, 0.3) is 0 Å². The highest BCUT2D eigenvalue weighted by molar-refractivity contribution is 7.10. The van der Waals surface area contributed by atoms with Crippen molar-refractivity contribution in [2.45, 2.75) is 18.9 Å². The minimum atomic E-state index is 0.450. The summed E-state index contributed by atoms with van der Waals surface area (Å²) in [5, 5.41) is 6.50. The summed E-state index contributed by atoms with van der Waals surface area (Å²) >= 11 is 7.82. The second kappa shape index (κ2) is 4.11. The summed E-state index contributed by atoms with van der Waals surface area (Å²) < 4.78 is 0. The maximum Gasteiger partial charge on any atom is 0.0609 e. The first-order valence-corrected chi connectivity index (χ1v) is 6.67. The molecule has 16 heavy (non-hydrogen) atoms. The lowest BCUT2D eigenvalue weighted by Gasteiger charge is -2.26. The predicted octanol–water partition coefficient (Wildman–Crippen LogP) is 4.50. The summed E-state index contributed by atoms with van der Waals surface area (Å²) in [6.45, 7) is 0. The standard InChI is InChI=1S/C13H12ClNS/c14-10-5-3-9-4-6-11(15-12(9)8-10)13-2-1-7-16-13/h1-3,5,7-8,11,15H,4,6H2. The van der Waals surface area contributed by atoms with Gasteiger partial charge in [-0.3, -0.25) is 0 Å². The molecule has 0 saturated carbocycles. The number of anilines is 1. The van der Waals surface area contributed by atoms with Crippen molar-refractivity contribution in [1.29, 1.82) is 0 Å². The Bertz CT molecular complexity index is 493. The molecular weight excluding hydrogens is 238 g/mol. The molecule has 1 aliphatic rings. The molecule has 0 amide bonds. The van der Waals surface area contributed by atoms with Crippen LogP contribution in [0.5, 0.6) is 0 Å². The fourth-order valence-electron chi connectivity index (χ4n) is 2.16. The first-order valence-electron chi connectivity index (χ1n) is 5.41. The van der Waals surface area contributed by atoms with Crippen molar-refractivity contribution in [3.05, 3.63) is 51.2 Å². The first-order chi connectivity index (χ1) is 7.83. The highest BCUT2D eigenvalue weighted by Crippen LogP contribution is 2.35. The Labute approximate surface area is 104 Å². The van der Waals surface area contributed by atoms with Crippen LogP contribution in [0.15, 0.2) is 35.7 Å². The van der Waals surface area contributed by atoms with Gasteiger partial charge in [0.2, 0.25) is 0 Å². The molecule has 0 radical (unpaired) electrons. The van der Waals surface area contributed by atoms with E-state index in [4.69, 9.17) is 11.6 Å². The molecule has 0 bridgehead atoms. The van der Waals surface area contributed by atoms with Gasteiger partial charge in [0.15, 0.2) is 0 Å². The van der Waals surface area contributed by atoms with Gasteiger partial charge in [0.25, 0.3) is 0 Å². The number of aryl methyl sites for hydroxylation is 1. The Morgan fingerprint density at radius 1 is 1.31 bits per heavy atom. The summed E-state index contributed by atoms with van der Waals surface area (Å²) in [5.74, 6) is 0. The molecule has 0 spiro atoms. The van der Waals surface area contributed by atoms with Crippen molar-refractivity contribution in [2.75, 3.05) is 5.32 Å². The topological polar surface area (TPSA) is 12.0 Å². The first kappa shape index (κ1) is 10.2. The van der Waals surface area contributed by atoms with Crippen LogP contribution in [0, 0.1) is 0 Å². The van der Waals surface area contributed by atoms with Gasteiger partial charge in [0, 0.05) is 15.6 Å². The smallest absolute Gasteiger partial charge is 0.0609 e. The largest absolute Gasteiger partial charge is 0.377 e. The zero-order chi connectivity index (χ0) is 11.0. The normalized spacial score (nSPS) is 18.9. The van der Waals surface area contributed by atoms with Crippen LogP contribution in [-0.2, 0) is 6.42 Å². The van der Waals surface area contributed by atoms with E-state index in [0.717, 1.165) is 17.9 Å². The molecule has 2 heterocycles. The predicted molar refractivity (Wildman–Crippen MR) is 70.5 cm³/mol. The summed E-state index contributed by atoms with van der Waals surface area (Å²) in [7, 11) is 0. The van der Waals surface area contributed by atoms with Gasteiger partial charge < -0.3 is 5.32 Å². The Morgan fingerprint density at radius 2 is 2.25 bits per heavy atom. The third-order valence-electron chi connectivity index (χ3n) is 2.99. The van der Waals surface area contributed by atoms with Crippen LogP contribution in [0.3, 0.4) is 0 Å². The van der Waals surface area contributed by atoms with Gasteiger partial charge in [-0.1, -0.05) is 23.7 Å². The highest BCUT2D eigenvalue weighted by Gasteiger charge is 2.19. The number of rotatable bonds is 1. The van der Waals surface area contributed by atoms with Gasteiger partial charge in [-0.15, -0.1) is 11.3 Å². The molecular formula is C13H12ClNS. The summed E-state index contributed by atoms with van der Waals surface area (Å²) in [4.78, 5) is 1.41. The van der Waals surface area contributed by atoms with Crippen molar-refractivity contribution in [3.63, 3.8) is 0 Å². The zero-order valence-electron chi connectivity index (χ0n) is 8.74. The lowest BCUT2D eigenvalue weighted by molar-refractivity contribution is 0.678. The lowest BCUT2D eigenvalue weighted by Crippen LogP contribution is -2.16. The van der Waals surface area contributed by atoms with E-state index in [2.05, 4.69) is 28.9 Å². The quantitative estimate of drug-likeness (QED) is 0.785. The fraction of sp³-hybridized carbons (Fsp3) is 0.231. The van der Waals surface area contributed by atoms with Gasteiger partial charge >= 0.3 is 0 Å². The Hall–Kier alpha value is -0.990. The molecule has 3 rings (SSSR count). The summed E-state index contributed by atoms with van der Waals surface area (Å²) in [6, 6.07) is 10.9. The fourth-order valence-corrected chi connectivity index (χ4v) is 3.15. The molecule has 3 heteroatoms. The van der Waals surface area contributed by atoms with Crippen molar-refractivity contribution in [1.82, 2.24) is 0 Å². The molecule has 1 aromatic heterocycles. The highest BCUT2D eigenvalue weighted by atomic mass is 35.5. The van der Waals surface area contributed by atoms with E-state index in [9.17, 15) is 0 Å². The molecule has 0 aliphatic carbocycles. The van der Waals surface area contributed by atoms with Gasteiger partial charge in [-0.25, -0.2) is 0 Å². The van der Waals surface area contributed by atoms with E-state index < -0.39 is 0 Å². The van der Waals surface area contributed by atoms with E-state index >= 15 is 0 Å². The van der Waals surface area contributed by atoms with Crippen molar-refractivity contribution >= 4 is 28.6 Å². The average Bonchev–Trinajstić information content (AvgIpc) is 2.81. The molecule has 82 valence electrons. The second-order valence-corrected chi connectivity index (χ2v) is 5.47. The molecule has 1 N–H and O–H groups in total. The Morgan fingerprint density at radius 3 is 3.06 bits per heavy atom. The number of hydrogen-bond acceptors (Lipinski definition) is 2. The van der Waals surface area contributed by atoms with Crippen LogP contribution < -0.4 is 5.32 Å². The maximum absolute atomic E-state index is 6.01. The van der Waals surface area contributed by atoms with Gasteiger partial charge in [-0.2, -0.15) is 0 Å². The number of benzene rings is 1. The Kier molecular flexibility index (Phi) is 2.62. The molecule has 1 aliphatic heterocycles. The molecule has 0 saturated heterocycles. The third-order valence-corrected chi connectivity index (χ3v) is 4.21. The summed E-state index contributed by atoms with van der Waals surface area (Å²) in [6.07, 6.45) is 2.29. The average molecular weight is 250 g/mol. The molecule has 2 aromatic rings. The number of fused-ring (bicyclic) bond motifs is 1. The van der Waals surface area contributed by atoms with E-state index in [-0.39, 0.29) is 0 Å². The SMILES string of the molecule is Clc1ccc2c(c1)NC(c1cccs1)CC2. The zero-order valence-corrected chi connectivity index (χ0v) is 10.3. The van der Waals surface area contributed by atoms with Crippen LogP contribution in [0.1, 0.15) is 22.9 Å². The number of thiophene rings is 1. The number of halogens is 1. The van der Waals surface area contributed by atoms with Crippen molar-refractivity contribution in [3.8, 4) is 0 Å². The molecule has 1 aromatic carbocycles. The van der Waals surface area contributed by atoms with Crippen molar-refractivity contribution < 1.29 is 0 Å². The molecule has 1 unspecified atom stereocenters. The monoisotopic (exact) mass is 249 g/mol. The van der Waals surface area contributed by atoms with Crippen LogP contribution in [-0.4, -0.2) is 0 Å². The minimum Gasteiger partial charge on any atom is -0.377 e. The molecule has 0 fully saturated rings. The number of hydrogen-bond donors (Lipinski definition) is 1. The van der Waals surface area contributed by atoms with Crippen molar-refractivity contribution in [2.24, 2.45) is 0 Å². The lowest BCUT2D eigenvalue weighted by atomic mass is 9.97. The maximum atomic E-state index is 6.01. The summed E-state index contributed by atoms with van der Waals surface area (Å²) in [5.41, 5.74) is 2.56. The second-order valence-electron chi connectivity index (χ2n) is 4.05. The minimum absolute atomic E-state index is 0.450. The van der Waals surface area contributed by atoms with Gasteiger partial charge in [0.05, 0.1) is 6.04 Å². The van der Waals surface area contributed by atoms with Gasteiger partial charge in [-0.05, 0) is 42.0 Å². The third kappa shape index (κ3) is 1.83.